The van der Waals surface area contributed by atoms with E-state index in [-0.39, 0.29) is 11.3 Å². The number of nitrogens with zero attached hydrogens (tertiary/aromatic N) is 2. The van der Waals surface area contributed by atoms with Crippen molar-refractivity contribution in [3.8, 4) is 0 Å². The molecular formula is C13H12N2O6. The van der Waals surface area contributed by atoms with Crippen molar-refractivity contribution in [1.82, 2.24) is 4.90 Å². The molecule has 0 bridgehead atoms. The Morgan fingerprint density at radius 2 is 2.24 bits per heavy atom. The van der Waals surface area contributed by atoms with Crippen LogP contribution in [0.15, 0.2) is 36.4 Å². The van der Waals surface area contributed by atoms with E-state index in [1.807, 2.05) is 0 Å². The van der Waals surface area contributed by atoms with Crippen molar-refractivity contribution in [2.24, 2.45) is 0 Å². The Hall–Kier alpha value is -2.74. The highest BCUT2D eigenvalue weighted by Gasteiger charge is 2.42. The fourth-order valence-electron chi connectivity index (χ4n) is 2.03. The number of non-ortho nitro benzene ring substituents is 1. The van der Waals surface area contributed by atoms with E-state index >= 15 is 0 Å². The second kappa shape index (κ2) is 5.33. The van der Waals surface area contributed by atoms with Crippen LogP contribution in [0.3, 0.4) is 0 Å². The number of nitro groups is 1. The molecule has 1 aliphatic rings. The van der Waals surface area contributed by atoms with E-state index in [0.717, 1.165) is 24.2 Å². The fourth-order valence-corrected chi connectivity index (χ4v) is 2.03. The molecule has 0 radical (unpaired) electrons. The topological polar surface area (TPSA) is 110 Å². The summed E-state index contributed by atoms with van der Waals surface area (Å²) in [7, 11) is 1.16. The van der Waals surface area contributed by atoms with Gasteiger partial charge in [-0.3, -0.25) is 24.6 Å². The van der Waals surface area contributed by atoms with Crippen molar-refractivity contribution in [3.05, 3.63) is 52.1 Å². The summed E-state index contributed by atoms with van der Waals surface area (Å²) < 4.78 is 4.47. The molecule has 0 aliphatic carbocycles. The number of hydrogen-bond donors (Lipinski definition) is 1. The van der Waals surface area contributed by atoms with Gasteiger partial charge in [-0.25, -0.2) is 0 Å². The number of rotatable bonds is 4. The van der Waals surface area contributed by atoms with Crippen LogP contribution in [0.1, 0.15) is 5.56 Å². The first-order valence-electron chi connectivity index (χ1n) is 5.93. The molecule has 1 aromatic rings. The van der Waals surface area contributed by atoms with Crippen LogP contribution in [0.4, 0.5) is 5.69 Å². The molecule has 1 aromatic carbocycles. The number of amides is 1. The number of esters is 1. The third kappa shape index (κ3) is 2.61. The lowest BCUT2D eigenvalue weighted by molar-refractivity contribution is -0.385. The summed E-state index contributed by atoms with van der Waals surface area (Å²) in [5.41, 5.74) is -2.04. The van der Waals surface area contributed by atoms with Gasteiger partial charge in [-0.15, -0.1) is 0 Å². The van der Waals surface area contributed by atoms with Gasteiger partial charge in [-0.05, 0) is 6.08 Å². The molecule has 0 fully saturated rings. The van der Waals surface area contributed by atoms with Crippen LogP contribution in [-0.2, 0) is 20.1 Å². The van der Waals surface area contributed by atoms with E-state index in [2.05, 4.69) is 4.74 Å². The van der Waals surface area contributed by atoms with Crippen molar-refractivity contribution in [2.45, 2.75) is 5.72 Å². The summed E-state index contributed by atoms with van der Waals surface area (Å²) >= 11 is 0. The molecule has 1 atom stereocenters. The summed E-state index contributed by atoms with van der Waals surface area (Å²) in [4.78, 5) is 34.2. The van der Waals surface area contributed by atoms with Gasteiger partial charge in [0.05, 0.1) is 12.0 Å². The monoisotopic (exact) mass is 292 g/mol. The number of methoxy groups -OCH3 is 1. The lowest BCUT2D eigenvalue weighted by Crippen LogP contribution is -2.46. The summed E-state index contributed by atoms with van der Waals surface area (Å²) in [5, 5.41) is 21.4. The molecule has 110 valence electrons. The van der Waals surface area contributed by atoms with Gasteiger partial charge in [0.2, 0.25) is 5.91 Å². The Balaban J connectivity index is 2.41. The molecule has 8 heteroatoms. The van der Waals surface area contributed by atoms with Gasteiger partial charge < -0.3 is 9.84 Å². The van der Waals surface area contributed by atoms with Crippen LogP contribution in [0.2, 0.25) is 0 Å². The Morgan fingerprint density at radius 1 is 1.52 bits per heavy atom. The lowest BCUT2D eigenvalue weighted by Gasteiger charge is -2.32. The highest BCUT2D eigenvalue weighted by molar-refractivity contribution is 5.93. The highest BCUT2D eigenvalue weighted by atomic mass is 16.6. The molecule has 8 nitrogen and oxygen atoms in total. The van der Waals surface area contributed by atoms with Gasteiger partial charge in [-0.1, -0.05) is 12.1 Å². The largest absolute Gasteiger partial charge is 0.468 e. The van der Waals surface area contributed by atoms with E-state index < -0.39 is 29.1 Å². The fraction of sp³-hybridized carbons (Fsp3) is 0.231. The quantitative estimate of drug-likeness (QED) is 0.486. The number of hydrogen-bond acceptors (Lipinski definition) is 6. The molecule has 0 aromatic heterocycles. The first-order valence-corrected chi connectivity index (χ1v) is 5.93. The molecule has 21 heavy (non-hydrogen) atoms. The predicted octanol–water partition coefficient (Wildman–Crippen LogP) is 0.311. The standard InChI is InChI=1S/C13H12N2O6/c1-21-12(17)8-14-11(16)5-6-13(14,18)9-3-2-4-10(7-9)15(19)20/h2-7,18H,8H2,1H3. The van der Waals surface area contributed by atoms with Gasteiger partial charge in [0.1, 0.15) is 6.54 Å². The van der Waals surface area contributed by atoms with E-state index in [4.69, 9.17) is 0 Å². The average molecular weight is 292 g/mol. The molecule has 1 amide bonds. The van der Waals surface area contributed by atoms with Crippen molar-refractivity contribution in [1.29, 1.82) is 0 Å². The lowest BCUT2D eigenvalue weighted by atomic mass is 10.0. The second-order valence-corrected chi connectivity index (χ2v) is 4.37. The summed E-state index contributed by atoms with van der Waals surface area (Å²) in [5.74, 6) is -1.30. The third-order valence-corrected chi connectivity index (χ3v) is 3.13. The predicted molar refractivity (Wildman–Crippen MR) is 69.9 cm³/mol. The van der Waals surface area contributed by atoms with Crippen molar-refractivity contribution < 1.29 is 24.4 Å². The molecule has 2 rings (SSSR count). The zero-order valence-electron chi connectivity index (χ0n) is 11.1. The van der Waals surface area contributed by atoms with Crippen LogP contribution >= 0.6 is 0 Å². The Kier molecular flexibility index (Phi) is 3.72. The van der Waals surface area contributed by atoms with Crippen LogP contribution in [0.5, 0.6) is 0 Å². The number of nitro benzene ring substituents is 1. The first kappa shape index (κ1) is 14.7. The molecule has 1 heterocycles. The summed E-state index contributed by atoms with van der Waals surface area (Å²) in [6.07, 6.45) is 2.28. The number of benzene rings is 1. The number of ether oxygens (including phenoxy) is 1. The maximum absolute atomic E-state index is 11.8. The number of aliphatic hydroxyl groups is 1. The maximum atomic E-state index is 11.8. The minimum Gasteiger partial charge on any atom is -0.468 e. The van der Waals surface area contributed by atoms with Crippen molar-refractivity contribution >= 4 is 17.6 Å². The van der Waals surface area contributed by atoms with Gasteiger partial charge in [0.15, 0.2) is 5.72 Å². The van der Waals surface area contributed by atoms with Gasteiger partial charge in [0, 0.05) is 23.8 Å². The second-order valence-electron chi connectivity index (χ2n) is 4.37. The van der Waals surface area contributed by atoms with Crippen LogP contribution in [-0.4, -0.2) is 40.5 Å². The van der Waals surface area contributed by atoms with Gasteiger partial charge >= 0.3 is 5.97 Å². The maximum Gasteiger partial charge on any atom is 0.325 e. The number of carbonyl (C=O) groups is 2. The summed E-state index contributed by atoms with van der Waals surface area (Å²) in [6.45, 7) is -0.471. The van der Waals surface area contributed by atoms with E-state index in [1.165, 1.54) is 24.3 Å². The van der Waals surface area contributed by atoms with Gasteiger partial charge in [-0.2, -0.15) is 0 Å². The molecule has 0 spiro atoms. The zero-order valence-corrected chi connectivity index (χ0v) is 11.1. The molecule has 0 saturated heterocycles. The van der Waals surface area contributed by atoms with Gasteiger partial charge in [0.25, 0.3) is 5.69 Å². The first-order chi connectivity index (χ1) is 9.88. The van der Waals surface area contributed by atoms with Crippen molar-refractivity contribution in [2.75, 3.05) is 13.7 Å². The average Bonchev–Trinajstić information content (AvgIpc) is 2.76. The number of carbonyl (C=O) groups excluding carboxylic acids is 2. The van der Waals surface area contributed by atoms with Crippen LogP contribution in [0.25, 0.3) is 0 Å². The SMILES string of the molecule is COC(=O)CN1C(=O)C=CC1(O)c1cccc([N+](=O)[O-])c1. The Bertz CT molecular complexity index is 641. The minimum absolute atomic E-state index is 0.114. The zero-order chi connectivity index (χ0) is 15.6. The third-order valence-electron chi connectivity index (χ3n) is 3.13. The molecular weight excluding hydrogens is 280 g/mol. The van der Waals surface area contributed by atoms with Crippen LogP contribution < -0.4 is 0 Å². The normalized spacial score (nSPS) is 20.7. The summed E-state index contributed by atoms with van der Waals surface area (Å²) in [6, 6.07) is 5.23. The Labute approximate surface area is 119 Å². The smallest absolute Gasteiger partial charge is 0.325 e. The van der Waals surface area contributed by atoms with Crippen molar-refractivity contribution in [3.63, 3.8) is 0 Å². The minimum atomic E-state index is -1.92. The molecule has 1 N–H and O–H groups in total. The van der Waals surface area contributed by atoms with E-state index in [1.54, 1.807) is 0 Å². The molecule has 1 aliphatic heterocycles. The van der Waals surface area contributed by atoms with E-state index in [9.17, 15) is 24.8 Å². The molecule has 0 saturated carbocycles. The van der Waals surface area contributed by atoms with E-state index in [0.29, 0.717) is 0 Å². The Morgan fingerprint density at radius 3 is 2.86 bits per heavy atom. The molecule has 1 unspecified atom stereocenters. The highest BCUT2D eigenvalue weighted by Crippen LogP contribution is 2.33. The van der Waals surface area contributed by atoms with Crippen LogP contribution in [0, 0.1) is 10.1 Å².